The molecule has 1 aliphatic rings. The second kappa shape index (κ2) is 5.48. The van der Waals surface area contributed by atoms with Crippen LogP contribution in [0.1, 0.15) is 29.0 Å². The number of aromatic nitrogens is 2. The summed E-state index contributed by atoms with van der Waals surface area (Å²) < 4.78 is 0. The van der Waals surface area contributed by atoms with Gasteiger partial charge < -0.3 is 5.32 Å². The molecule has 98 valence electrons. The topological polar surface area (TPSA) is 54.9 Å². The van der Waals surface area contributed by atoms with Crippen molar-refractivity contribution >= 4 is 22.4 Å². The molecule has 0 unspecified atom stereocenters. The van der Waals surface area contributed by atoms with Crippen LogP contribution >= 0.6 is 11.3 Å². The first-order valence-electron chi connectivity index (χ1n) is 6.48. The van der Waals surface area contributed by atoms with Crippen molar-refractivity contribution in [1.29, 1.82) is 0 Å². The summed E-state index contributed by atoms with van der Waals surface area (Å²) in [6, 6.07) is 3.87. The number of nitrogens with zero attached hydrogens (tertiary/aromatic N) is 2. The number of anilines is 1. The van der Waals surface area contributed by atoms with Gasteiger partial charge in [0.1, 0.15) is 0 Å². The van der Waals surface area contributed by atoms with Crippen LogP contribution in [0.25, 0.3) is 0 Å². The highest BCUT2D eigenvalue weighted by molar-refractivity contribution is 7.15. The van der Waals surface area contributed by atoms with Gasteiger partial charge in [0.2, 0.25) is 5.91 Å². The zero-order valence-electron chi connectivity index (χ0n) is 10.6. The molecule has 0 saturated heterocycles. The van der Waals surface area contributed by atoms with Crippen molar-refractivity contribution in [1.82, 2.24) is 9.97 Å². The van der Waals surface area contributed by atoms with E-state index in [0.29, 0.717) is 12.8 Å². The number of carbonyl (C=O) groups is 1. The fraction of sp³-hybridized carbons (Fsp3) is 0.357. The van der Waals surface area contributed by atoms with Crippen molar-refractivity contribution < 1.29 is 4.79 Å². The van der Waals surface area contributed by atoms with Crippen LogP contribution in [0.5, 0.6) is 0 Å². The van der Waals surface area contributed by atoms with Crippen molar-refractivity contribution in [2.24, 2.45) is 0 Å². The number of amides is 1. The molecule has 0 aromatic carbocycles. The van der Waals surface area contributed by atoms with Crippen LogP contribution in [-0.2, 0) is 24.1 Å². The van der Waals surface area contributed by atoms with Gasteiger partial charge >= 0.3 is 0 Å². The van der Waals surface area contributed by atoms with E-state index < -0.39 is 0 Å². The normalized spacial score (nSPS) is 13.3. The summed E-state index contributed by atoms with van der Waals surface area (Å²) >= 11 is 1.62. The Bertz CT molecular complexity index is 558. The fourth-order valence-corrected chi connectivity index (χ4v) is 3.30. The number of carbonyl (C=O) groups excluding carboxylic acids is 1. The van der Waals surface area contributed by atoms with Crippen LogP contribution in [-0.4, -0.2) is 15.9 Å². The SMILES string of the molecule is O=C(CCc1cccnc1)Nc1nc2c(s1)CCC2. The molecule has 2 aromatic heterocycles. The lowest BCUT2D eigenvalue weighted by atomic mass is 10.1. The zero-order chi connectivity index (χ0) is 13.1. The minimum Gasteiger partial charge on any atom is -0.302 e. The Morgan fingerprint density at radius 2 is 2.37 bits per heavy atom. The molecular weight excluding hydrogens is 258 g/mol. The molecule has 0 saturated carbocycles. The van der Waals surface area contributed by atoms with E-state index >= 15 is 0 Å². The average molecular weight is 273 g/mol. The van der Waals surface area contributed by atoms with Crippen LogP contribution in [0.2, 0.25) is 0 Å². The van der Waals surface area contributed by atoms with Gasteiger partial charge in [0.25, 0.3) is 0 Å². The lowest BCUT2D eigenvalue weighted by molar-refractivity contribution is -0.116. The van der Waals surface area contributed by atoms with Crippen LogP contribution in [0.15, 0.2) is 24.5 Å². The summed E-state index contributed by atoms with van der Waals surface area (Å²) in [5, 5.41) is 3.64. The number of nitrogens with one attached hydrogen (secondary N) is 1. The maximum atomic E-state index is 11.8. The van der Waals surface area contributed by atoms with Gasteiger partial charge in [-0.15, -0.1) is 11.3 Å². The van der Waals surface area contributed by atoms with Crippen molar-refractivity contribution in [2.75, 3.05) is 5.32 Å². The third-order valence-corrected chi connectivity index (χ3v) is 4.28. The molecule has 3 rings (SSSR count). The van der Waals surface area contributed by atoms with E-state index in [1.165, 1.54) is 17.0 Å². The summed E-state index contributed by atoms with van der Waals surface area (Å²) in [5.41, 5.74) is 2.26. The first-order chi connectivity index (χ1) is 9.31. The molecule has 0 bridgehead atoms. The van der Waals surface area contributed by atoms with Gasteiger partial charge in [-0.3, -0.25) is 9.78 Å². The van der Waals surface area contributed by atoms with Gasteiger partial charge in [0, 0.05) is 23.7 Å². The predicted octanol–water partition coefficient (Wildman–Crippen LogP) is 2.60. The first kappa shape index (κ1) is 12.3. The van der Waals surface area contributed by atoms with E-state index in [2.05, 4.69) is 15.3 Å². The molecule has 2 heterocycles. The molecule has 0 fully saturated rings. The summed E-state index contributed by atoms with van der Waals surface area (Å²) in [4.78, 5) is 21.7. The van der Waals surface area contributed by atoms with E-state index in [1.54, 1.807) is 23.7 Å². The molecule has 1 aliphatic carbocycles. The molecule has 1 amide bonds. The number of hydrogen-bond donors (Lipinski definition) is 1. The Balaban J connectivity index is 1.53. The van der Waals surface area contributed by atoms with Crippen molar-refractivity contribution in [3.8, 4) is 0 Å². The standard InChI is InChI=1S/C14H15N3OS/c18-13(7-6-10-3-2-8-15-9-10)17-14-16-11-4-1-5-12(11)19-14/h2-3,8-9H,1,4-7H2,(H,16,17,18). The van der Waals surface area contributed by atoms with Gasteiger partial charge in [0.05, 0.1) is 5.69 Å². The molecule has 4 nitrogen and oxygen atoms in total. The molecule has 1 N–H and O–H groups in total. The third-order valence-electron chi connectivity index (χ3n) is 3.21. The van der Waals surface area contributed by atoms with Crippen molar-refractivity contribution in [2.45, 2.75) is 32.1 Å². The Labute approximate surface area is 115 Å². The van der Waals surface area contributed by atoms with Gasteiger partial charge in [0.15, 0.2) is 5.13 Å². The summed E-state index contributed by atoms with van der Waals surface area (Å²) in [6.45, 7) is 0. The molecule has 0 spiro atoms. The average Bonchev–Trinajstić information content (AvgIpc) is 2.98. The summed E-state index contributed by atoms with van der Waals surface area (Å²) in [5.74, 6) is 0.0243. The molecule has 19 heavy (non-hydrogen) atoms. The second-order valence-electron chi connectivity index (χ2n) is 4.65. The largest absolute Gasteiger partial charge is 0.302 e. The van der Waals surface area contributed by atoms with Gasteiger partial charge in [-0.05, 0) is 37.3 Å². The van der Waals surface area contributed by atoms with E-state index in [4.69, 9.17) is 0 Å². The lowest BCUT2D eigenvalue weighted by Crippen LogP contribution is -2.12. The molecular formula is C14H15N3OS. The van der Waals surface area contributed by atoms with Crippen LogP contribution in [0.3, 0.4) is 0 Å². The first-order valence-corrected chi connectivity index (χ1v) is 7.30. The third kappa shape index (κ3) is 2.98. The van der Waals surface area contributed by atoms with Gasteiger partial charge in [-0.1, -0.05) is 6.07 Å². The van der Waals surface area contributed by atoms with Crippen LogP contribution in [0, 0.1) is 0 Å². The molecule has 0 atom stereocenters. The summed E-state index contributed by atoms with van der Waals surface area (Å²) in [7, 11) is 0. The smallest absolute Gasteiger partial charge is 0.226 e. The van der Waals surface area contributed by atoms with E-state index in [0.717, 1.165) is 23.5 Å². The number of fused-ring (bicyclic) bond motifs is 1. The molecule has 0 radical (unpaired) electrons. The minimum absolute atomic E-state index is 0.0243. The van der Waals surface area contributed by atoms with Crippen molar-refractivity contribution in [3.05, 3.63) is 40.7 Å². The van der Waals surface area contributed by atoms with Crippen LogP contribution in [0.4, 0.5) is 5.13 Å². The zero-order valence-corrected chi connectivity index (χ0v) is 11.4. The maximum absolute atomic E-state index is 11.8. The quantitative estimate of drug-likeness (QED) is 0.931. The van der Waals surface area contributed by atoms with E-state index in [1.807, 2.05) is 12.1 Å². The fourth-order valence-electron chi connectivity index (χ4n) is 2.23. The number of thiazole rings is 1. The number of aryl methyl sites for hydroxylation is 3. The lowest BCUT2D eigenvalue weighted by Gasteiger charge is -2.01. The molecule has 2 aromatic rings. The van der Waals surface area contributed by atoms with Gasteiger partial charge in [-0.2, -0.15) is 0 Å². The highest BCUT2D eigenvalue weighted by atomic mass is 32.1. The van der Waals surface area contributed by atoms with E-state index in [-0.39, 0.29) is 5.91 Å². The molecule has 5 heteroatoms. The highest BCUT2D eigenvalue weighted by Crippen LogP contribution is 2.30. The highest BCUT2D eigenvalue weighted by Gasteiger charge is 2.17. The minimum atomic E-state index is 0.0243. The Kier molecular flexibility index (Phi) is 3.55. The number of hydrogen-bond acceptors (Lipinski definition) is 4. The Hall–Kier alpha value is -1.75. The monoisotopic (exact) mass is 273 g/mol. The predicted molar refractivity (Wildman–Crippen MR) is 75.3 cm³/mol. The van der Waals surface area contributed by atoms with E-state index in [9.17, 15) is 4.79 Å². The Morgan fingerprint density at radius 1 is 1.42 bits per heavy atom. The number of pyridine rings is 1. The Morgan fingerprint density at radius 3 is 3.16 bits per heavy atom. The maximum Gasteiger partial charge on any atom is 0.226 e. The summed E-state index contributed by atoms with van der Waals surface area (Å²) in [6.07, 6.45) is 8.08. The second-order valence-corrected chi connectivity index (χ2v) is 5.74. The van der Waals surface area contributed by atoms with Gasteiger partial charge in [-0.25, -0.2) is 4.98 Å². The van der Waals surface area contributed by atoms with Crippen molar-refractivity contribution in [3.63, 3.8) is 0 Å². The number of rotatable bonds is 4. The van der Waals surface area contributed by atoms with Crippen LogP contribution < -0.4 is 5.32 Å². The molecule has 0 aliphatic heterocycles.